The molecule has 0 saturated carbocycles. The van der Waals surface area contributed by atoms with E-state index in [0.29, 0.717) is 23.5 Å². The molecule has 0 aliphatic heterocycles. The lowest BCUT2D eigenvalue weighted by Crippen LogP contribution is -2.29. The number of nitrogens with two attached hydrogens (primary N) is 1. The number of benzene rings is 1. The fourth-order valence-electron chi connectivity index (χ4n) is 1.42. The molecule has 0 heterocycles. The molecule has 0 aromatic heterocycles. The minimum absolute atomic E-state index is 0.0455. The normalized spacial score (nSPS) is 10.1. The molecule has 0 atom stereocenters. The number of nitrogens with zero attached hydrogens (tertiary/aromatic N) is 1. The van der Waals surface area contributed by atoms with E-state index in [4.69, 9.17) is 10.5 Å². The molecule has 0 radical (unpaired) electrons. The number of ether oxygens (including phenoxy) is 1. The lowest BCUT2D eigenvalue weighted by atomic mass is 10.1. The van der Waals surface area contributed by atoms with Gasteiger partial charge in [-0.2, -0.15) is 11.8 Å². The summed E-state index contributed by atoms with van der Waals surface area (Å²) in [6, 6.07) is 5.07. The van der Waals surface area contributed by atoms with E-state index in [2.05, 4.69) is 0 Å². The summed E-state index contributed by atoms with van der Waals surface area (Å²) in [5.74, 6) is 1.39. The Bertz CT molecular complexity index is 396. The molecule has 0 aliphatic carbocycles. The summed E-state index contributed by atoms with van der Waals surface area (Å²) in [7, 11) is 3.32. The predicted octanol–water partition coefficient (Wildman–Crippen LogP) is 1.71. The number of methoxy groups -OCH3 is 1. The highest BCUT2D eigenvalue weighted by molar-refractivity contribution is 7.98. The molecule has 0 bridgehead atoms. The molecule has 0 unspecified atom stereocenters. The number of thioether (sulfide) groups is 1. The summed E-state index contributed by atoms with van der Waals surface area (Å²) in [4.78, 5) is 13.8. The molecule has 0 fully saturated rings. The first-order chi connectivity index (χ1) is 8.10. The SMILES string of the molecule is COc1cc(N)ccc1C(=O)N(C)CCSC. The molecule has 1 aromatic rings. The third-order valence-corrected chi connectivity index (χ3v) is 3.02. The minimum Gasteiger partial charge on any atom is -0.496 e. The Labute approximate surface area is 106 Å². The van der Waals surface area contributed by atoms with Gasteiger partial charge in [0.15, 0.2) is 0 Å². The van der Waals surface area contributed by atoms with Crippen molar-refractivity contribution in [3.05, 3.63) is 23.8 Å². The Kier molecular flexibility index (Phi) is 5.15. The van der Waals surface area contributed by atoms with Crippen LogP contribution in [0.3, 0.4) is 0 Å². The van der Waals surface area contributed by atoms with Gasteiger partial charge in [0.25, 0.3) is 5.91 Å². The molecule has 1 amide bonds. The second-order valence-electron chi connectivity index (χ2n) is 3.68. The summed E-state index contributed by atoms with van der Waals surface area (Å²) in [6.45, 7) is 0.716. The number of rotatable bonds is 5. The highest BCUT2D eigenvalue weighted by Crippen LogP contribution is 2.22. The van der Waals surface area contributed by atoms with E-state index >= 15 is 0 Å². The number of amides is 1. The maximum Gasteiger partial charge on any atom is 0.257 e. The van der Waals surface area contributed by atoms with Crippen LogP contribution in [0.2, 0.25) is 0 Å². The van der Waals surface area contributed by atoms with Crippen molar-refractivity contribution in [2.24, 2.45) is 0 Å². The standard InChI is InChI=1S/C12H18N2O2S/c1-14(6-7-17-3)12(15)10-5-4-9(13)8-11(10)16-2/h4-5,8H,6-7,13H2,1-3H3. The molecule has 94 valence electrons. The lowest BCUT2D eigenvalue weighted by Gasteiger charge is -2.18. The number of anilines is 1. The summed E-state index contributed by atoms with van der Waals surface area (Å²) >= 11 is 1.71. The van der Waals surface area contributed by atoms with E-state index in [1.54, 1.807) is 41.9 Å². The fraction of sp³-hybridized carbons (Fsp3) is 0.417. The van der Waals surface area contributed by atoms with Crippen LogP contribution in [0.15, 0.2) is 18.2 Å². The van der Waals surface area contributed by atoms with Gasteiger partial charge in [0.05, 0.1) is 12.7 Å². The van der Waals surface area contributed by atoms with Crippen molar-refractivity contribution < 1.29 is 9.53 Å². The third-order valence-electron chi connectivity index (χ3n) is 2.43. The van der Waals surface area contributed by atoms with Crippen LogP contribution in [0.4, 0.5) is 5.69 Å². The van der Waals surface area contributed by atoms with Crippen molar-refractivity contribution in [1.29, 1.82) is 0 Å². The number of hydrogen-bond acceptors (Lipinski definition) is 4. The molecule has 0 saturated heterocycles. The van der Waals surface area contributed by atoms with Crippen molar-refractivity contribution in [3.8, 4) is 5.75 Å². The maximum atomic E-state index is 12.1. The molecular weight excluding hydrogens is 236 g/mol. The van der Waals surface area contributed by atoms with Gasteiger partial charge in [-0.15, -0.1) is 0 Å². The topological polar surface area (TPSA) is 55.6 Å². The number of hydrogen-bond donors (Lipinski definition) is 1. The largest absolute Gasteiger partial charge is 0.496 e. The van der Waals surface area contributed by atoms with E-state index in [1.807, 2.05) is 6.26 Å². The number of carbonyl (C=O) groups excluding carboxylic acids is 1. The highest BCUT2D eigenvalue weighted by atomic mass is 32.2. The first-order valence-corrected chi connectivity index (χ1v) is 6.67. The van der Waals surface area contributed by atoms with E-state index in [0.717, 1.165) is 5.75 Å². The van der Waals surface area contributed by atoms with E-state index in [9.17, 15) is 4.79 Å². The Morgan fingerprint density at radius 2 is 2.24 bits per heavy atom. The summed E-state index contributed by atoms with van der Waals surface area (Å²) < 4.78 is 5.17. The molecule has 0 spiro atoms. The minimum atomic E-state index is -0.0455. The Morgan fingerprint density at radius 1 is 1.53 bits per heavy atom. The van der Waals surface area contributed by atoms with Crippen LogP contribution in [0.5, 0.6) is 5.75 Å². The van der Waals surface area contributed by atoms with Crippen molar-refractivity contribution in [2.75, 3.05) is 38.4 Å². The molecular formula is C12H18N2O2S. The van der Waals surface area contributed by atoms with Crippen molar-refractivity contribution in [1.82, 2.24) is 4.90 Å². The van der Waals surface area contributed by atoms with Gasteiger partial charge in [0.2, 0.25) is 0 Å². The Balaban J connectivity index is 2.87. The Morgan fingerprint density at radius 3 is 2.82 bits per heavy atom. The van der Waals surface area contributed by atoms with Crippen LogP contribution in [0.25, 0.3) is 0 Å². The molecule has 17 heavy (non-hydrogen) atoms. The first-order valence-electron chi connectivity index (χ1n) is 5.28. The second-order valence-corrected chi connectivity index (χ2v) is 4.66. The van der Waals surface area contributed by atoms with Crippen molar-refractivity contribution in [2.45, 2.75) is 0 Å². The maximum absolute atomic E-state index is 12.1. The lowest BCUT2D eigenvalue weighted by molar-refractivity contribution is 0.0800. The van der Waals surface area contributed by atoms with E-state index in [-0.39, 0.29) is 5.91 Å². The second kappa shape index (κ2) is 6.39. The van der Waals surface area contributed by atoms with Gasteiger partial charge in [-0.3, -0.25) is 4.79 Å². The zero-order chi connectivity index (χ0) is 12.8. The Hall–Kier alpha value is -1.36. The van der Waals surface area contributed by atoms with Crippen LogP contribution in [0.1, 0.15) is 10.4 Å². The number of carbonyl (C=O) groups is 1. The predicted molar refractivity (Wildman–Crippen MR) is 72.7 cm³/mol. The summed E-state index contributed by atoms with van der Waals surface area (Å²) in [5.41, 5.74) is 6.79. The van der Waals surface area contributed by atoms with E-state index < -0.39 is 0 Å². The van der Waals surface area contributed by atoms with Crippen molar-refractivity contribution in [3.63, 3.8) is 0 Å². The zero-order valence-corrected chi connectivity index (χ0v) is 11.2. The van der Waals surface area contributed by atoms with Crippen molar-refractivity contribution >= 4 is 23.4 Å². The molecule has 5 heteroatoms. The monoisotopic (exact) mass is 254 g/mol. The van der Waals surface area contributed by atoms with Gasteiger partial charge in [-0.1, -0.05) is 0 Å². The zero-order valence-electron chi connectivity index (χ0n) is 10.4. The molecule has 4 nitrogen and oxygen atoms in total. The van der Waals surface area contributed by atoms with Crippen LogP contribution in [-0.4, -0.2) is 43.5 Å². The van der Waals surface area contributed by atoms with Gasteiger partial charge in [0, 0.05) is 31.1 Å². The van der Waals surface area contributed by atoms with Crippen LogP contribution < -0.4 is 10.5 Å². The average molecular weight is 254 g/mol. The van der Waals surface area contributed by atoms with Gasteiger partial charge in [-0.25, -0.2) is 0 Å². The molecule has 1 aromatic carbocycles. The van der Waals surface area contributed by atoms with E-state index in [1.165, 1.54) is 7.11 Å². The van der Waals surface area contributed by atoms with Gasteiger partial charge >= 0.3 is 0 Å². The molecule has 0 aliphatic rings. The van der Waals surface area contributed by atoms with Gasteiger partial charge in [-0.05, 0) is 18.4 Å². The summed E-state index contributed by atoms with van der Waals surface area (Å²) in [5, 5.41) is 0. The van der Waals surface area contributed by atoms with Crippen LogP contribution in [0, 0.1) is 0 Å². The molecule has 1 rings (SSSR count). The van der Waals surface area contributed by atoms with Gasteiger partial charge < -0.3 is 15.4 Å². The quantitative estimate of drug-likeness (QED) is 0.813. The fourth-order valence-corrected chi connectivity index (χ4v) is 1.88. The molecule has 2 N–H and O–H groups in total. The first kappa shape index (κ1) is 13.7. The average Bonchev–Trinajstić information content (AvgIpc) is 2.34. The third kappa shape index (κ3) is 3.56. The smallest absolute Gasteiger partial charge is 0.257 e. The highest BCUT2D eigenvalue weighted by Gasteiger charge is 2.16. The number of nitrogen functional groups attached to an aromatic ring is 1. The van der Waals surface area contributed by atoms with Crippen LogP contribution >= 0.6 is 11.8 Å². The summed E-state index contributed by atoms with van der Waals surface area (Å²) in [6.07, 6.45) is 2.02. The van der Waals surface area contributed by atoms with Gasteiger partial charge in [0.1, 0.15) is 5.75 Å². The van der Waals surface area contributed by atoms with Crippen LogP contribution in [-0.2, 0) is 0 Å².